The Labute approximate surface area is 88.6 Å². The van der Waals surface area contributed by atoms with Crippen molar-refractivity contribution in [2.24, 2.45) is 5.92 Å². The van der Waals surface area contributed by atoms with Crippen LogP contribution in [0.5, 0.6) is 0 Å². The van der Waals surface area contributed by atoms with Crippen LogP contribution in [0.25, 0.3) is 0 Å². The van der Waals surface area contributed by atoms with E-state index in [4.69, 9.17) is 4.74 Å². The van der Waals surface area contributed by atoms with E-state index >= 15 is 0 Å². The van der Waals surface area contributed by atoms with Gasteiger partial charge in [-0.05, 0) is 43.4 Å². The molecule has 4 heteroatoms. The van der Waals surface area contributed by atoms with E-state index in [2.05, 4.69) is 15.8 Å². The quantitative estimate of drug-likeness (QED) is 0.830. The van der Waals surface area contributed by atoms with Gasteiger partial charge in [-0.15, -0.1) is 0 Å². The predicted octanol–water partition coefficient (Wildman–Crippen LogP) is 1.83. The van der Waals surface area contributed by atoms with Crippen molar-refractivity contribution in [2.45, 2.75) is 18.9 Å². The first kappa shape index (κ1) is 10.1. The lowest BCUT2D eigenvalue weighted by molar-refractivity contribution is 0.0542. The Hall–Kier alpha value is -0.450. The minimum absolute atomic E-state index is 0.408. The SMILES string of the molecule is CNC(c1ccsn1)C1CCOCC1. The van der Waals surface area contributed by atoms with Gasteiger partial charge in [-0.25, -0.2) is 0 Å². The highest BCUT2D eigenvalue weighted by atomic mass is 32.1. The first-order valence-corrected chi connectivity index (χ1v) is 5.90. The van der Waals surface area contributed by atoms with Gasteiger partial charge in [0.1, 0.15) is 0 Å². The number of hydrogen-bond donors (Lipinski definition) is 1. The predicted molar refractivity (Wildman–Crippen MR) is 57.5 cm³/mol. The van der Waals surface area contributed by atoms with E-state index in [1.165, 1.54) is 17.2 Å². The molecule has 1 atom stereocenters. The van der Waals surface area contributed by atoms with Crippen LogP contribution in [0.2, 0.25) is 0 Å². The van der Waals surface area contributed by atoms with Crippen LogP contribution in [0.3, 0.4) is 0 Å². The monoisotopic (exact) mass is 212 g/mol. The lowest BCUT2D eigenvalue weighted by atomic mass is 9.90. The minimum Gasteiger partial charge on any atom is -0.381 e. The van der Waals surface area contributed by atoms with Crippen LogP contribution < -0.4 is 5.32 Å². The highest BCUT2D eigenvalue weighted by Gasteiger charge is 2.25. The van der Waals surface area contributed by atoms with Crippen molar-refractivity contribution < 1.29 is 4.74 Å². The normalized spacial score (nSPS) is 20.9. The van der Waals surface area contributed by atoms with Crippen molar-refractivity contribution in [3.8, 4) is 0 Å². The molecule has 1 aromatic rings. The van der Waals surface area contributed by atoms with Gasteiger partial charge in [0.15, 0.2) is 0 Å². The lowest BCUT2D eigenvalue weighted by Gasteiger charge is -2.28. The van der Waals surface area contributed by atoms with Gasteiger partial charge in [0.05, 0.1) is 11.7 Å². The number of rotatable bonds is 3. The molecule has 1 fully saturated rings. The summed E-state index contributed by atoms with van der Waals surface area (Å²) >= 11 is 1.53. The van der Waals surface area contributed by atoms with Crippen LogP contribution in [0.1, 0.15) is 24.6 Å². The van der Waals surface area contributed by atoms with Crippen LogP contribution >= 0.6 is 11.5 Å². The molecule has 14 heavy (non-hydrogen) atoms. The summed E-state index contributed by atoms with van der Waals surface area (Å²) < 4.78 is 9.77. The molecule has 1 N–H and O–H groups in total. The zero-order chi connectivity index (χ0) is 9.80. The van der Waals surface area contributed by atoms with Gasteiger partial charge in [0, 0.05) is 18.6 Å². The molecule has 0 spiro atoms. The summed E-state index contributed by atoms with van der Waals surface area (Å²) in [6.07, 6.45) is 2.28. The maximum atomic E-state index is 5.37. The largest absolute Gasteiger partial charge is 0.381 e. The lowest BCUT2D eigenvalue weighted by Crippen LogP contribution is -2.30. The molecule has 0 radical (unpaired) electrons. The van der Waals surface area contributed by atoms with Crippen LogP contribution in [0.15, 0.2) is 11.4 Å². The van der Waals surface area contributed by atoms with E-state index in [1.54, 1.807) is 0 Å². The Kier molecular flexibility index (Phi) is 3.50. The third kappa shape index (κ3) is 2.13. The van der Waals surface area contributed by atoms with E-state index in [0.717, 1.165) is 26.1 Å². The van der Waals surface area contributed by atoms with Crippen molar-refractivity contribution >= 4 is 11.5 Å². The van der Waals surface area contributed by atoms with Crippen LogP contribution in [0.4, 0.5) is 0 Å². The number of ether oxygens (including phenoxy) is 1. The summed E-state index contributed by atoms with van der Waals surface area (Å²) in [5.41, 5.74) is 1.18. The molecule has 0 aromatic carbocycles. The topological polar surface area (TPSA) is 34.2 Å². The molecular weight excluding hydrogens is 196 g/mol. The molecule has 3 nitrogen and oxygen atoms in total. The molecule has 1 unspecified atom stereocenters. The Morgan fingerprint density at radius 2 is 2.36 bits per heavy atom. The average molecular weight is 212 g/mol. The number of aromatic nitrogens is 1. The molecule has 1 aromatic heterocycles. The van der Waals surface area contributed by atoms with Gasteiger partial charge in [-0.1, -0.05) is 0 Å². The maximum Gasteiger partial charge on any atom is 0.0714 e. The van der Waals surface area contributed by atoms with Crippen molar-refractivity contribution in [1.29, 1.82) is 0 Å². The second-order valence-electron chi connectivity index (χ2n) is 3.64. The molecule has 0 saturated carbocycles. The summed E-state index contributed by atoms with van der Waals surface area (Å²) in [6, 6.07) is 2.52. The van der Waals surface area contributed by atoms with Gasteiger partial charge in [0.25, 0.3) is 0 Å². The van der Waals surface area contributed by atoms with Crippen LogP contribution in [-0.2, 0) is 4.74 Å². The Balaban J connectivity index is 2.04. The zero-order valence-corrected chi connectivity index (χ0v) is 9.22. The molecule has 0 aliphatic carbocycles. The summed E-state index contributed by atoms with van der Waals surface area (Å²) in [7, 11) is 2.01. The van der Waals surface area contributed by atoms with Crippen molar-refractivity contribution in [3.05, 3.63) is 17.1 Å². The van der Waals surface area contributed by atoms with Crippen LogP contribution in [-0.4, -0.2) is 24.6 Å². The Bertz CT molecular complexity index is 257. The van der Waals surface area contributed by atoms with Gasteiger partial charge < -0.3 is 10.1 Å². The molecular formula is C10H16N2OS. The Morgan fingerprint density at radius 1 is 1.57 bits per heavy atom. The minimum atomic E-state index is 0.408. The molecule has 2 rings (SSSR count). The first-order chi connectivity index (χ1) is 6.92. The molecule has 1 saturated heterocycles. The third-order valence-corrected chi connectivity index (χ3v) is 3.40. The summed E-state index contributed by atoms with van der Waals surface area (Å²) in [5, 5.41) is 5.40. The van der Waals surface area contributed by atoms with Gasteiger partial charge >= 0.3 is 0 Å². The van der Waals surface area contributed by atoms with E-state index in [9.17, 15) is 0 Å². The fourth-order valence-corrected chi connectivity index (χ4v) is 2.61. The molecule has 0 amide bonds. The maximum absolute atomic E-state index is 5.37. The summed E-state index contributed by atoms with van der Waals surface area (Å²) in [6.45, 7) is 1.79. The van der Waals surface area contributed by atoms with Gasteiger partial charge in [-0.2, -0.15) is 4.37 Å². The molecule has 2 heterocycles. The van der Waals surface area contributed by atoms with E-state index < -0.39 is 0 Å². The smallest absolute Gasteiger partial charge is 0.0714 e. The highest BCUT2D eigenvalue weighted by Crippen LogP contribution is 2.29. The number of nitrogens with one attached hydrogen (secondary N) is 1. The van der Waals surface area contributed by atoms with E-state index in [-0.39, 0.29) is 0 Å². The molecule has 78 valence electrons. The fraction of sp³-hybridized carbons (Fsp3) is 0.700. The van der Waals surface area contributed by atoms with Crippen molar-refractivity contribution in [3.63, 3.8) is 0 Å². The second-order valence-corrected chi connectivity index (χ2v) is 4.31. The van der Waals surface area contributed by atoms with Crippen molar-refractivity contribution in [1.82, 2.24) is 9.69 Å². The zero-order valence-electron chi connectivity index (χ0n) is 8.40. The van der Waals surface area contributed by atoms with Crippen LogP contribution in [0, 0.1) is 5.92 Å². The summed E-state index contributed by atoms with van der Waals surface area (Å²) in [5.74, 6) is 0.677. The summed E-state index contributed by atoms with van der Waals surface area (Å²) in [4.78, 5) is 0. The molecule has 0 bridgehead atoms. The standard InChI is InChI=1S/C10H16N2OS/c1-11-10(9-4-7-14-12-9)8-2-5-13-6-3-8/h4,7-8,10-11H,2-3,5-6H2,1H3. The second kappa shape index (κ2) is 4.87. The third-order valence-electron chi connectivity index (χ3n) is 2.82. The average Bonchev–Trinajstić information content (AvgIpc) is 2.74. The number of nitrogens with zero attached hydrogens (tertiary/aromatic N) is 1. The highest BCUT2D eigenvalue weighted by molar-refractivity contribution is 7.03. The van der Waals surface area contributed by atoms with E-state index in [1.807, 2.05) is 12.4 Å². The molecule has 1 aliphatic heterocycles. The number of hydrogen-bond acceptors (Lipinski definition) is 4. The molecule has 1 aliphatic rings. The van der Waals surface area contributed by atoms with Gasteiger partial charge in [0.2, 0.25) is 0 Å². The fourth-order valence-electron chi connectivity index (χ4n) is 2.06. The first-order valence-electron chi connectivity index (χ1n) is 5.07. The van der Waals surface area contributed by atoms with E-state index in [0.29, 0.717) is 12.0 Å². The van der Waals surface area contributed by atoms with Crippen molar-refractivity contribution in [2.75, 3.05) is 20.3 Å². The van der Waals surface area contributed by atoms with Gasteiger partial charge in [-0.3, -0.25) is 0 Å². The Morgan fingerprint density at radius 3 is 2.93 bits per heavy atom.